The Morgan fingerprint density at radius 1 is 1.11 bits per heavy atom. The molecule has 27 heavy (non-hydrogen) atoms. The summed E-state index contributed by atoms with van der Waals surface area (Å²) in [6, 6.07) is 14.1. The van der Waals surface area contributed by atoms with Gasteiger partial charge in [-0.15, -0.1) is 0 Å². The second-order valence-electron chi connectivity index (χ2n) is 6.49. The van der Waals surface area contributed by atoms with E-state index in [0.29, 0.717) is 17.7 Å². The van der Waals surface area contributed by atoms with Gasteiger partial charge >= 0.3 is 6.03 Å². The highest BCUT2D eigenvalue weighted by atomic mass is 19.1. The number of anilines is 1. The van der Waals surface area contributed by atoms with Crippen molar-refractivity contribution in [3.8, 4) is 0 Å². The van der Waals surface area contributed by atoms with Gasteiger partial charge in [0.1, 0.15) is 11.9 Å². The van der Waals surface area contributed by atoms with Crippen molar-refractivity contribution >= 4 is 17.6 Å². The van der Waals surface area contributed by atoms with Crippen molar-refractivity contribution in [3.05, 3.63) is 66.0 Å². The number of carbonyl (C=O) groups excluding carboxylic acids is 2. The number of amides is 3. The SMILES string of the molecule is O=C(NCCc1ccccc1F)[C@@H]1C[C@H](O)CN1C(=O)Nc1ccccc1. The van der Waals surface area contributed by atoms with E-state index in [2.05, 4.69) is 10.6 Å². The Morgan fingerprint density at radius 3 is 2.56 bits per heavy atom. The van der Waals surface area contributed by atoms with Gasteiger partial charge in [-0.2, -0.15) is 0 Å². The molecular weight excluding hydrogens is 349 g/mol. The Morgan fingerprint density at radius 2 is 1.81 bits per heavy atom. The molecule has 7 heteroatoms. The molecule has 0 aromatic heterocycles. The molecular formula is C20H22FN3O3. The molecule has 0 spiro atoms. The summed E-state index contributed by atoms with van der Waals surface area (Å²) in [6.45, 7) is 0.338. The third kappa shape index (κ3) is 4.83. The first-order valence-electron chi connectivity index (χ1n) is 8.86. The van der Waals surface area contributed by atoms with Crippen molar-refractivity contribution < 1.29 is 19.1 Å². The standard InChI is InChI=1S/C20H22FN3O3/c21-17-9-5-4-6-14(17)10-11-22-19(26)18-12-16(25)13-24(18)20(27)23-15-7-2-1-3-8-15/h1-9,16,18,25H,10-13H2,(H,22,26)(H,23,27)/t16-,18-/m0/s1. The highest BCUT2D eigenvalue weighted by Gasteiger charge is 2.38. The number of para-hydroxylation sites is 1. The molecule has 142 valence electrons. The summed E-state index contributed by atoms with van der Waals surface area (Å²) in [4.78, 5) is 26.3. The van der Waals surface area contributed by atoms with E-state index < -0.39 is 18.2 Å². The number of carbonyl (C=O) groups is 2. The second kappa shape index (κ2) is 8.64. The van der Waals surface area contributed by atoms with Gasteiger partial charge in [0, 0.05) is 25.2 Å². The lowest BCUT2D eigenvalue weighted by molar-refractivity contribution is -0.124. The Labute approximate surface area is 157 Å². The van der Waals surface area contributed by atoms with Crippen LogP contribution in [-0.2, 0) is 11.2 Å². The molecule has 3 amide bonds. The average molecular weight is 371 g/mol. The zero-order valence-electron chi connectivity index (χ0n) is 14.8. The lowest BCUT2D eigenvalue weighted by atomic mass is 10.1. The number of hydrogen-bond acceptors (Lipinski definition) is 3. The number of hydrogen-bond donors (Lipinski definition) is 3. The van der Waals surface area contributed by atoms with Crippen LogP contribution >= 0.6 is 0 Å². The number of benzene rings is 2. The molecule has 1 fully saturated rings. The zero-order valence-corrected chi connectivity index (χ0v) is 14.8. The largest absolute Gasteiger partial charge is 0.391 e. The maximum Gasteiger partial charge on any atom is 0.322 e. The molecule has 3 N–H and O–H groups in total. The van der Waals surface area contributed by atoms with Crippen LogP contribution in [0.5, 0.6) is 0 Å². The summed E-state index contributed by atoms with van der Waals surface area (Å²) in [7, 11) is 0. The minimum Gasteiger partial charge on any atom is -0.391 e. The number of aliphatic hydroxyl groups is 1. The topological polar surface area (TPSA) is 81.7 Å². The van der Waals surface area contributed by atoms with E-state index >= 15 is 0 Å². The molecule has 1 saturated heterocycles. The van der Waals surface area contributed by atoms with Gasteiger partial charge in [-0.25, -0.2) is 9.18 Å². The minimum atomic E-state index is -0.760. The third-order valence-corrected chi connectivity index (χ3v) is 4.52. The molecule has 6 nitrogen and oxygen atoms in total. The van der Waals surface area contributed by atoms with Gasteiger partial charge in [-0.1, -0.05) is 36.4 Å². The van der Waals surface area contributed by atoms with Crippen LogP contribution in [0.3, 0.4) is 0 Å². The van der Waals surface area contributed by atoms with E-state index in [1.807, 2.05) is 6.07 Å². The Bertz CT molecular complexity index is 800. The summed E-state index contributed by atoms with van der Waals surface area (Å²) >= 11 is 0. The molecule has 1 aliphatic heterocycles. The molecule has 2 aromatic carbocycles. The molecule has 1 aliphatic rings. The summed E-state index contributed by atoms with van der Waals surface area (Å²) in [5.74, 6) is -0.669. The maximum absolute atomic E-state index is 13.6. The number of aliphatic hydroxyl groups excluding tert-OH is 1. The van der Waals surface area contributed by atoms with E-state index in [1.54, 1.807) is 42.5 Å². The van der Waals surface area contributed by atoms with E-state index in [9.17, 15) is 19.1 Å². The van der Waals surface area contributed by atoms with Gasteiger partial charge in [0.2, 0.25) is 5.91 Å². The van der Waals surface area contributed by atoms with Crippen LogP contribution in [0, 0.1) is 5.82 Å². The van der Waals surface area contributed by atoms with E-state index in [4.69, 9.17) is 0 Å². The smallest absolute Gasteiger partial charge is 0.322 e. The first-order chi connectivity index (χ1) is 13.0. The summed E-state index contributed by atoms with van der Waals surface area (Å²) in [5, 5.41) is 15.4. The van der Waals surface area contributed by atoms with E-state index in [1.165, 1.54) is 11.0 Å². The van der Waals surface area contributed by atoms with Crippen LogP contribution in [0.25, 0.3) is 0 Å². The van der Waals surface area contributed by atoms with Crippen LogP contribution in [0.2, 0.25) is 0 Å². The van der Waals surface area contributed by atoms with Gasteiger partial charge in [-0.05, 0) is 30.2 Å². The van der Waals surface area contributed by atoms with Crippen molar-refractivity contribution in [3.63, 3.8) is 0 Å². The fourth-order valence-electron chi connectivity index (χ4n) is 3.14. The molecule has 2 aromatic rings. The Balaban J connectivity index is 1.57. The van der Waals surface area contributed by atoms with Gasteiger partial charge in [0.05, 0.1) is 6.10 Å². The molecule has 0 radical (unpaired) electrons. The normalized spacial score (nSPS) is 19.0. The predicted molar refractivity (Wildman–Crippen MR) is 99.7 cm³/mol. The number of rotatable bonds is 5. The van der Waals surface area contributed by atoms with Crippen molar-refractivity contribution in [1.29, 1.82) is 0 Å². The minimum absolute atomic E-state index is 0.0874. The van der Waals surface area contributed by atoms with E-state index in [-0.39, 0.29) is 31.2 Å². The average Bonchev–Trinajstić information content (AvgIpc) is 3.06. The van der Waals surface area contributed by atoms with Crippen molar-refractivity contribution in [1.82, 2.24) is 10.2 Å². The van der Waals surface area contributed by atoms with Gasteiger partial charge in [0.15, 0.2) is 0 Å². The van der Waals surface area contributed by atoms with Crippen molar-refractivity contribution in [2.45, 2.75) is 25.0 Å². The fourth-order valence-corrected chi connectivity index (χ4v) is 3.14. The van der Waals surface area contributed by atoms with Gasteiger partial charge in [-0.3, -0.25) is 4.79 Å². The Hall–Kier alpha value is -2.93. The third-order valence-electron chi connectivity index (χ3n) is 4.52. The van der Waals surface area contributed by atoms with Crippen LogP contribution in [0.1, 0.15) is 12.0 Å². The molecule has 1 heterocycles. The van der Waals surface area contributed by atoms with Crippen molar-refractivity contribution in [2.24, 2.45) is 0 Å². The molecule has 3 rings (SSSR count). The van der Waals surface area contributed by atoms with Crippen LogP contribution < -0.4 is 10.6 Å². The molecule has 0 saturated carbocycles. The lowest BCUT2D eigenvalue weighted by Gasteiger charge is -2.24. The molecule has 0 bridgehead atoms. The highest BCUT2D eigenvalue weighted by Crippen LogP contribution is 2.20. The zero-order chi connectivity index (χ0) is 19.2. The molecule has 2 atom stereocenters. The van der Waals surface area contributed by atoms with E-state index in [0.717, 1.165) is 0 Å². The number of nitrogens with zero attached hydrogens (tertiary/aromatic N) is 1. The summed E-state index contributed by atoms with van der Waals surface area (Å²) in [5.41, 5.74) is 1.13. The number of urea groups is 1. The number of nitrogens with one attached hydrogen (secondary N) is 2. The summed E-state index contributed by atoms with van der Waals surface area (Å²) < 4.78 is 13.6. The first kappa shape index (κ1) is 18.8. The van der Waals surface area contributed by atoms with Gasteiger partial charge in [0.25, 0.3) is 0 Å². The maximum atomic E-state index is 13.6. The first-order valence-corrected chi connectivity index (χ1v) is 8.86. The fraction of sp³-hybridized carbons (Fsp3) is 0.300. The number of β-amino-alcohol motifs (C(OH)–C–C–N with tert-alkyl or cyclic N) is 1. The summed E-state index contributed by atoms with van der Waals surface area (Å²) in [6.07, 6.45) is -0.230. The van der Waals surface area contributed by atoms with Gasteiger partial charge < -0.3 is 20.6 Å². The molecule has 0 unspecified atom stereocenters. The van der Waals surface area contributed by atoms with Crippen LogP contribution in [0.15, 0.2) is 54.6 Å². The second-order valence-corrected chi connectivity index (χ2v) is 6.49. The highest BCUT2D eigenvalue weighted by molar-refractivity contribution is 5.94. The predicted octanol–water partition coefficient (Wildman–Crippen LogP) is 2.15. The lowest BCUT2D eigenvalue weighted by Crippen LogP contribution is -2.47. The van der Waals surface area contributed by atoms with Crippen LogP contribution in [0.4, 0.5) is 14.9 Å². The monoisotopic (exact) mass is 371 g/mol. The van der Waals surface area contributed by atoms with Crippen LogP contribution in [-0.4, -0.2) is 47.2 Å². The number of halogens is 1. The molecule has 0 aliphatic carbocycles. The van der Waals surface area contributed by atoms with Crippen molar-refractivity contribution in [2.75, 3.05) is 18.4 Å². The quantitative estimate of drug-likeness (QED) is 0.753. The Kier molecular flexibility index (Phi) is 6.03. The number of likely N-dealkylation sites (tertiary alicyclic amines) is 1.